The highest BCUT2D eigenvalue weighted by molar-refractivity contribution is 5.63. The van der Waals surface area contributed by atoms with E-state index in [-0.39, 0.29) is 0 Å². The number of rotatable bonds is 1. The van der Waals surface area contributed by atoms with Crippen molar-refractivity contribution in [3.63, 3.8) is 0 Å². The molecule has 4 N–H and O–H groups in total. The number of benzene rings is 3. The van der Waals surface area contributed by atoms with Crippen LogP contribution >= 0.6 is 0 Å². The topological polar surface area (TPSA) is 52.0 Å². The van der Waals surface area contributed by atoms with Gasteiger partial charge in [0.25, 0.3) is 0 Å². The van der Waals surface area contributed by atoms with E-state index in [1.807, 2.05) is 24.3 Å². The molecule has 0 aliphatic rings. The van der Waals surface area contributed by atoms with Crippen LogP contribution in [0.25, 0.3) is 11.1 Å². The van der Waals surface area contributed by atoms with Gasteiger partial charge in [-0.15, -0.1) is 0 Å². The van der Waals surface area contributed by atoms with Gasteiger partial charge in [0.05, 0.1) is 11.4 Å². The predicted molar refractivity (Wildman–Crippen MR) is 87.1 cm³/mol. The van der Waals surface area contributed by atoms with Crippen molar-refractivity contribution < 1.29 is 0 Å². The minimum absolute atomic E-state index is 0.646. The Morgan fingerprint density at radius 3 is 1.00 bits per heavy atom. The molecule has 20 heavy (non-hydrogen) atoms. The maximum atomic E-state index is 5.39. The molecule has 0 saturated carbocycles. The fourth-order valence-corrected chi connectivity index (χ4v) is 1.77. The standard InChI is InChI=1S/C12H10.C6H8N2/c1-3-7-11(8-4-1)12-9-5-2-6-10-12;7-5-3-1-2-4-6(5)8/h1-10H;1-4H,7-8H2. The van der Waals surface area contributed by atoms with Gasteiger partial charge in [0.1, 0.15) is 0 Å². The maximum Gasteiger partial charge on any atom is 0.0547 e. The third kappa shape index (κ3) is 3.89. The highest BCUT2D eigenvalue weighted by atomic mass is 14.7. The molecule has 0 unspecified atom stereocenters. The largest absolute Gasteiger partial charge is 0.397 e. The molecule has 0 aliphatic carbocycles. The van der Waals surface area contributed by atoms with Crippen LogP contribution in [-0.4, -0.2) is 0 Å². The van der Waals surface area contributed by atoms with Crippen molar-refractivity contribution in [2.45, 2.75) is 0 Å². The summed E-state index contributed by atoms with van der Waals surface area (Å²) in [5.74, 6) is 0. The number of nitrogen functional groups attached to an aromatic ring is 2. The Morgan fingerprint density at radius 2 is 0.700 bits per heavy atom. The quantitative estimate of drug-likeness (QED) is 0.646. The van der Waals surface area contributed by atoms with Gasteiger partial charge in [0.15, 0.2) is 0 Å². The van der Waals surface area contributed by atoms with Crippen molar-refractivity contribution in [2.24, 2.45) is 0 Å². The Kier molecular flexibility index (Phi) is 4.79. The number of hydrogen-bond donors (Lipinski definition) is 2. The molecule has 2 nitrogen and oxygen atoms in total. The molecular formula is C18H18N2. The first-order valence-electron chi connectivity index (χ1n) is 6.48. The highest BCUT2D eigenvalue weighted by Gasteiger charge is 1.91. The number of nitrogens with two attached hydrogens (primary N) is 2. The van der Waals surface area contributed by atoms with Crippen molar-refractivity contribution in [2.75, 3.05) is 11.5 Å². The van der Waals surface area contributed by atoms with Gasteiger partial charge in [-0.1, -0.05) is 72.8 Å². The molecule has 100 valence electrons. The zero-order chi connectivity index (χ0) is 14.2. The number of hydrogen-bond acceptors (Lipinski definition) is 2. The fourth-order valence-electron chi connectivity index (χ4n) is 1.77. The van der Waals surface area contributed by atoms with Gasteiger partial charge in [0, 0.05) is 0 Å². The molecule has 0 fully saturated rings. The second-order valence-electron chi connectivity index (χ2n) is 4.36. The van der Waals surface area contributed by atoms with Gasteiger partial charge in [-0.3, -0.25) is 0 Å². The van der Waals surface area contributed by atoms with E-state index < -0.39 is 0 Å². The molecule has 0 aliphatic heterocycles. The number of para-hydroxylation sites is 2. The molecule has 0 heterocycles. The summed E-state index contributed by atoms with van der Waals surface area (Å²) < 4.78 is 0. The van der Waals surface area contributed by atoms with Gasteiger partial charge < -0.3 is 11.5 Å². The summed E-state index contributed by atoms with van der Waals surface area (Å²) in [6, 6.07) is 28.0. The molecule has 0 radical (unpaired) electrons. The normalized spacial score (nSPS) is 9.40. The monoisotopic (exact) mass is 262 g/mol. The summed E-state index contributed by atoms with van der Waals surface area (Å²) in [6.07, 6.45) is 0. The van der Waals surface area contributed by atoms with Crippen LogP contribution in [0.1, 0.15) is 0 Å². The predicted octanol–water partition coefficient (Wildman–Crippen LogP) is 4.20. The molecule has 3 aromatic rings. The van der Waals surface area contributed by atoms with Gasteiger partial charge in [-0.05, 0) is 23.3 Å². The molecule has 0 atom stereocenters. The molecule has 0 spiro atoms. The molecular weight excluding hydrogens is 244 g/mol. The van der Waals surface area contributed by atoms with Crippen LogP contribution in [0.2, 0.25) is 0 Å². The molecule has 0 bridgehead atoms. The summed E-state index contributed by atoms with van der Waals surface area (Å²) in [5, 5.41) is 0. The van der Waals surface area contributed by atoms with Crippen molar-refractivity contribution in [3.8, 4) is 11.1 Å². The van der Waals surface area contributed by atoms with E-state index in [4.69, 9.17) is 11.5 Å². The minimum atomic E-state index is 0.646. The van der Waals surface area contributed by atoms with Crippen LogP contribution in [0.15, 0.2) is 84.9 Å². The van der Waals surface area contributed by atoms with E-state index in [1.54, 1.807) is 12.1 Å². The Bertz CT molecular complexity index is 575. The lowest BCUT2D eigenvalue weighted by molar-refractivity contribution is 1.62. The van der Waals surface area contributed by atoms with E-state index in [1.165, 1.54) is 11.1 Å². The SMILES string of the molecule is Nc1ccccc1N.c1ccc(-c2ccccc2)cc1. The van der Waals surface area contributed by atoms with Gasteiger partial charge >= 0.3 is 0 Å². The zero-order valence-electron chi connectivity index (χ0n) is 11.2. The van der Waals surface area contributed by atoms with Crippen LogP contribution in [-0.2, 0) is 0 Å². The summed E-state index contributed by atoms with van der Waals surface area (Å²) in [7, 11) is 0. The average molecular weight is 262 g/mol. The lowest BCUT2D eigenvalue weighted by Gasteiger charge is -1.98. The van der Waals surface area contributed by atoms with Crippen molar-refractivity contribution in [3.05, 3.63) is 84.9 Å². The minimum Gasteiger partial charge on any atom is -0.397 e. The summed E-state index contributed by atoms with van der Waals surface area (Å²) in [5.41, 5.74) is 14.6. The molecule has 0 aromatic heterocycles. The first-order valence-corrected chi connectivity index (χ1v) is 6.48. The lowest BCUT2D eigenvalue weighted by atomic mass is 10.1. The first kappa shape index (κ1) is 13.7. The van der Waals surface area contributed by atoms with E-state index in [9.17, 15) is 0 Å². The Balaban J connectivity index is 0.000000160. The summed E-state index contributed by atoms with van der Waals surface area (Å²) >= 11 is 0. The number of anilines is 2. The van der Waals surface area contributed by atoms with Crippen LogP contribution in [0.4, 0.5) is 11.4 Å². The van der Waals surface area contributed by atoms with Gasteiger partial charge in [-0.2, -0.15) is 0 Å². The molecule has 3 rings (SSSR count). The highest BCUT2D eigenvalue weighted by Crippen LogP contribution is 2.17. The Labute approximate surface area is 119 Å². The maximum absolute atomic E-state index is 5.39. The van der Waals surface area contributed by atoms with Crippen molar-refractivity contribution in [1.82, 2.24) is 0 Å². The van der Waals surface area contributed by atoms with E-state index in [2.05, 4.69) is 48.5 Å². The first-order chi connectivity index (χ1) is 9.77. The smallest absolute Gasteiger partial charge is 0.0547 e. The Hall–Kier alpha value is -2.74. The average Bonchev–Trinajstić information content (AvgIpc) is 2.53. The van der Waals surface area contributed by atoms with Gasteiger partial charge in [-0.25, -0.2) is 0 Å². The van der Waals surface area contributed by atoms with Crippen LogP contribution in [0.3, 0.4) is 0 Å². The van der Waals surface area contributed by atoms with Crippen LogP contribution in [0.5, 0.6) is 0 Å². The fraction of sp³-hybridized carbons (Fsp3) is 0. The second-order valence-corrected chi connectivity index (χ2v) is 4.36. The van der Waals surface area contributed by atoms with E-state index in [0.29, 0.717) is 11.4 Å². The van der Waals surface area contributed by atoms with Crippen LogP contribution < -0.4 is 11.5 Å². The molecule has 0 saturated heterocycles. The van der Waals surface area contributed by atoms with Gasteiger partial charge in [0.2, 0.25) is 0 Å². The third-order valence-corrected chi connectivity index (χ3v) is 2.88. The van der Waals surface area contributed by atoms with Crippen molar-refractivity contribution >= 4 is 11.4 Å². The van der Waals surface area contributed by atoms with E-state index >= 15 is 0 Å². The van der Waals surface area contributed by atoms with Crippen LogP contribution in [0, 0.1) is 0 Å². The summed E-state index contributed by atoms with van der Waals surface area (Å²) in [4.78, 5) is 0. The third-order valence-electron chi connectivity index (χ3n) is 2.88. The molecule has 2 heteroatoms. The molecule has 0 amide bonds. The zero-order valence-corrected chi connectivity index (χ0v) is 11.2. The second kappa shape index (κ2) is 7.00. The summed E-state index contributed by atoms with van der Waals surface area (Å²) in [6.45, 7) is 0. The molecule has 3 aromatic carbocycles. The van der Waals surface area contributed by atoms with E-state index in [0.717, 1.165) is 0 Å². The van der Waals surface area contributed by atoms with Crippen molar-refractivity contribution in [1.29, 1.82) is 0 Å². The Morgan fingerprint density at radius 1 is 0.400 bits per heavy atom. The lowest BCUT2D eigenvalue weighted by Crippen LogP contribution is -1.91.